The molecule has 1 unspecified atom stereocenters. The van der Waals surface area contributed by atoms with E-state index < -0.39 is 6.10 Å². The van der Waals surface area contributed by atoms with E-state index in [-0.39, 0.29) is 5.78 Å². The van der Waals surface area contributed by atoms with Gasteiger partial charge in [0.05, 0.1) is 0 Å². The first-order valence-corrected chi connectivity index (χ1v) is 8.56. The van der Waals surface area contributed by atoms with Crippen LogP contribution >= 0.6 is 0 Å². The fraction of sp³-hybridized carbons (Fsp3) is 0.381. The van der Waals surface area contributed by atoms with Gasteiger partial charge in [-0.1, -0.05) is 61.7 Å². The molecule has 0 bridgehead atoms. The third-order valence-electron chi connectivity index (χ3n) is 4.68. The van der Waals surface area contributed by atoms with Crippen LogP contribution in [0, 0.1) is 0 Å². The van der Waals surface area contributed by atoms with Crippen molar-refractivity contribution in [3.8, 4) is 5.75 Å². The van der Waals surface area contributed by atoms with E-state index in [4.69, 9.17) is 4.74 Å². The van der Waals surface area contributed by atoms with Gasteiger partial charge < -0.3 is 4.74 Å². The lowest BCUT2D eigenvalue weighted by atomic mass is 9.84. The largest absolute Gasteiger partial charge is 0.478 e. The molecule has 23 heavy (non-hydrogen) atoms. The van der Waals surface area contributed by atoms with Gasteiger partial charge >= 0.3 is 0 Å². The van der Waals surface area contributed by atoms with E-state index >= 15 is 0 Å². The first-order chi connectivity index (χ1) is 11.2. The molecule has 2 aromatic rings. The Hall–Kier alpha value is -2.09. The third kappa shape index (κ3) is 4.01. The van der Waals surface area contributed by atoms with E-state index in [9.17, 15) is 4.79 Å². The fourth-order valence-corrected chi connectivity index (χ4v) is 3.40. The number of hydrogen-bond donors (Lipinski definition) is 0. The summed E-state index contributed by atoms with van der Waals surface area (Å²) in [5, 5.41) is 0. The second kappa shape index (κ2) is 7.45. The Morgan fingerprint density at radius 2 is 1.61 bits per heavy atom. The molecule has 1 aliphatic rings. The van der Waals surface area contributed by atoms with E-state index in [1.54, 1.807) is 6.92 Å². The lowest BCUT2D eigenvalue weighted by Gasteiger charge is -2.22. The first-order valence-electron chi connectivity index (χ1n) is 8.56. The average Bonchev–Trinajstić information content (AvgIpc) is 2.61. The lowest BCUT2D eigenvalue weighted by Crippen LogP contribution is -2.16. The summed E-state index contributed by atoms with van der Waals surface area (Å²) in [6.07, 6.45) is 6.10. The van der Waals surface area contributed by atoms with Crippen LogP contribution in [0.25, 0.3) is 0 Å². The van der Waals surface area contributed by atoms with Gasteiger partial charge in [-0.25, -0.2) is 0 Å². The molecule has 0 spiro atoms. The first kappa shape index (κ1) is 15.8. The minimum absolute atomic E-state index is 0.0209. The van der Waals surface area contributed by atoms with Crippen molar-refractivity contribution in [3.05, 3.63) is 65.7 Å². The van der Waals surface area contributed by atoms with Gasteiger partial charge in [0.15, 0.2) is 11.9 Å². The number of ether oxygens (including phenoxy) is 1. The van der Waals surface area contributed by atoms with Crippen LogP contribution in [-0.2, 0) is 4.79 Å². The van der Waals surface area contributed by atoms with Crippen molar-refractivity contribution in [2.45, 2.75) is 51.0 Å². The van der Waals surface area contributed by atoms with Crippen molar-refractivity contribution >= 4 is 5.78 Å². The van der Waals surface area contributed by atoms with Crippen LogP contribution in [0.2, 0.25) is 0 Å². The maximum absolute atomic E-state index is 11.9. The molecule has 1 saturated carbocycles. The van der Waals surface area contributed by atoms with Crippen LogP contribution in [-0.4, -0.2) is 5.78 Å². The predicted octanol–water partition coefficient (Wildman–Crippen LogP) is 5.44. The minimum Gasteiger partial charge on any atom is -0.478 e. The van der Waals surface area contributed by atoms with Gasteiger partial charge in [0.2, 0.25) is 0 Å². The van der Waals surface area contributed by atoms with Crippen LogP contribution in [0.15, 0.2) is 54.6 Å². The molecule has 0 radical (unpaired) electrons. The van der Waals surface area contributed by atoms with E-state index in [0.717, 1.165) is 11.3 Å². The van der Waals surface area contributed by atoms with Gasteiger partial charge in [-0.15, -0.1) is 0 Å². The second-order valence-electron chi connectivity index (χ2n) is 6.42. The van der Waals surface area contributed by atoms with Crippen LogP contribution < -0.4 is 4.74 Å². The molecular weight excluding hydrogens is 284 g/mol. The Kier molecular flexibility index (Phi) is 5.12. The molecule has 0 amide bonds. The molecule has 1 aliphatic carbocycles. The third-order valence-corrected chi connectivity index (χ3v) is 4.68. The molecule has 3 rings (SSSR count). The molecule has 1 fully saturated rings. The van der Waals surface area contributed by atoms with Crippen LogP contribution in [0.4, 0.5) is 0 Å². The van der Waals surface area contributed by atoms with Gasteiger partial charge in [0, 0.05) is 0 Å². The summed E-state index contributed by atoms with van der Waals surface area (Å²) in [6, 6.07) is 18.0. The average molecular weight is 308 g/mol. The van der Waals surface area contributed by atoms with E-state index in [0.29, 0.717) is 5.92 Å². The summed E-state index contributed by atoms with van der Waals surface area (Å²) in [5.41, 5.74) is 2.30. The topological polar surface area (TPSA) is 26.3 Å². The molecule has 2 heteroatoms. The molecule has 0 N–H and O–H groups in total. The molecular formula is C21H24O2. The Bertz CT molecular complexity index is 625. The van der Waals surface area contributed by atoms with Crippen molar-refractivity contribution in [3.63, 3.8) is 0 Å². The maximum atomic E-state index is 11.9. The van der Waals surface area contributed by atoms with Crippen molar-refractivity contribution in [1.29, 1.82) is 0 Å². The number of hydrogen-bond acceptors (Lipinski definition) is 2. The van der Waals surface area contributed by atoms with Gasteiger partial charge in [-0.3, -0.25) is 4.79 Å². The van der Waals surface area contributed by atoms with Crippen molar-refractivity contribution in [2.75, 3.05) is 0 Å². The Labute approximate surface area is 138 Å². The smallest absolute Gasteiger partial charge is 0.181 e. The van der Waals surface area contributed by atoms with Gasteiger partial charge in [0.1, 0.15) is 5.75 Å². The summed E-state index contributed by atoms with van der Waals surface area (Å²) in [7, 11) is 0. The highest BCUT2D eigenvalue weighted by Gasteiger charge is 2.19. The lowest BCUT2D eigenvalue weighted by molar-refractivity contribution is -0.123. The summed E-state index contributed by atoms with van der Waals surface area (Å²) in [4.78, 5) is 11.9. The minimum atomic E-state index is -0.531. The predicted molar refractivity (Wildman–Crippen MR) is 92.8 cm³/mol. The van der Waals surface area contributed by atoms with Crippen molar-refractivity contribution in [2.24, 2.45) is 0 Å². The summed E-state index contributed by atoms with van der Waals surface area (Å²) in [5.74, 6) is 1.47. The Morgan fingerprint density at radius 3 is 2.22 bits per heavy atom. The quantitative estimate of drug-likeness (QED) is 0.735. The summed E-state index contributed by atoms with van der Waals surface area (Å²) < 4.78 is 5.95. The number of Topliss-reactive ketones (excluding diaryl/α,β-unsaturated/α-hetero) is 1. The zero-order chi connectivity index (χ0) is 16.1. The molecule has 2 aromatic carbocycles. The standard InChI is InChI=1S/C21H24O2/c1-16(22)21(19-10-6-3-7-11-19)23-20-14-12-18(13-15-20)17-8-4-2-5-9-17/h3,6-7,10-15,17,21H,2,4-5,8-9H2,1H3. The van der Waals surface area contributed by atoms with Gasteiger partial charge in [-0.2, -0.15) is 0 Å². The van der Waals surface area contributed by atoms with E-state index in [1.807, 2.05) is 42.5 Å². The zero-order valence-electron chi connectivity index (χ0n) is 13.7. The van der Waals surface area contributed by atoms with Crippen LogP contribution in [0.5, 0.6) is 5.75 Å². The Morgan fingerprint density at radius 1 is 0.957 bits per heavy atom. The molecule has 120 valence electrons. The van der Waals surface area contributed by atoms with E-state index in [1.165, 1.54) is 37.7 Å². The SMILES string of the molecule is CC(=O)C(Oc1ccc(C2CCCCC2)cc1)c1ccccc1. The number of benzene rings is 2. The molecule has 0 saturated heterocycles. The molecule has 1 atom stereocenters. The summed E-state index contributed by atoms with van der Waals surface area (Å²) in [6.45, 7) is 1.58. The Balaban J connectivity index is 1.72. The number of carbonyl (C=O) groups is 1. The van der Waals surface area contributed by atoms with Gasteiger partial charge in [0.25, 0.3) is 0 Å². The maximum Gasteiger partial charge on any atom is 0.181 e. The second-order valence-corrected chi connectivity index (χ2v) is 6.42. The number of carbonyl (C=O) groups excluding carboxylic acids is 1. The number of rotatable bonds is 5. The molecule has 2 nitrogen and oxygen atoms in total. The monoisotopic (exact) mass is 308 g/mol. The zero-order valence-corrected chi connectivity index (χ0v) is 13.7. The number of ketones is 1. The van der Waals surface area contributed by atoms with Crippen LogP contribution in [0.3, 0.4) is 0 Å². The van der Waals surface area contributed by atoms with Crippen LogP contribution in [0.1, 0.15) is 62.2 Å². The highest BCUT2D eigenvalue weighted by Crippen LogP contribution is 2.33. The van der Waals surface area contributed by atoms with Crippen molar-refractivity contribution < 1.29 is 9.53 Å². The highest BCUT2D eigenvalue weighted by atomic mass is 16.5. The normalized spacial score (nSPS) is 16.7. The fourth-order valence-electron chi connectivity index (χ4n) is 3.40. The summed E-state index contributed by atoms with van der Waals surface area (Å²) >= 11 is 0. The van der Waals surface area contributed by atoms with E-state index in [2.05, 4.69) is 12.1 Å². The highest BCUT2D eigenvalue weighted by molar-refractivity contribution is 5.82. The molecule has 0 heterocycles. The van der Waals surface area contributed by atoms with Crippen molar-refractivity contribution in [1.82, 2.24) is 0 Å². The van der Waals surface area contributed by atoms with Gasteiger partial charge in [-0.05, 0) is 48.9 Å². The molecule has 0 aliphatic heterocycles. The molecule has 0 aromatic heterocycles.